The molecule has 3 heterocycles. The predicted octanol–water partition coefficient (Wildman–Crippen LogP) is 1.43. The van der Waals surface area contributed by atoms with E-state index in [1.165, 1.54) is 0 Å². The molecule has 2 saturated heterocycles. The monoisotopic (exact) mass is 326 g/mol. The van der Waals surface area contributed by atoms with E-state index in [-0.39, 0.29) is 18.0 Å². The van der Waals surface area contributed by atoms with Crippen LogP contribution < -0.4 is 4.74 Å². The van der Waals surface area contributed by atoms with E-state index < -0.39 is 10.0 Å². The molecule has 1 aromatic heterocycles. The topological polar surface area (TPSA) is 68.7 Å². The van der Waals surface area contributed by atoms with Gasteiger partial charge in [-0.1, -0.05) is 0 Å². The van der Waals surface area contributed by atoms with Crippen molar-refractivity contribution in [3.05, 3.63) is 24.5 Å². The van der Waals surface area contributed by atoms with Crippen LogP contribution in [0.5, 0.6) is 5.75 Å². The summed E-state index contributed by atoms with van der Waals surface area (Å²) >= 11 is 0. The van der Waals surface area contributed by atoms with Crippen LogP contribution in [0.25, 0.3) is 0 Å². The fourth-order valence-electron chi connectivity index (χ4n) is 2.94. The van der Waals surface area contributed by atoms with Gasteiger partial charge in [-0.15, -0.1) is 0 Å². The summed E-state index contributed by atoms with van der Waals surface area (Å²) in [5.41, 5.74) is 0. The van der Waals surface area contributed by atoms with Gasteiger partial charge >= 0.3 is 0 Å². The maximum atomic E-state index is 12.4. The van der Waals surface area contributed by atoms with Crippen LogP contribution in [0.3, 0.4) is 0 Å². The number of rotatable bonds is 6. The molecule has 2 aliphatic rings. The average molecular weight is 326 g/mol. The van der Waals surface area contributed by atoms with Crippen molar-refractivity contribution in [3.63, 3.8) is 0 Å². The lowest BCUT2D eigenvalue weighted by Crippen LogP contribution is -2.33. The van der Waals surface area contributed by atoms with Gasteiger partial charge in [-0.3, -0.25) is 4.98 Å². The Bertz CT molecular complexity index is 572. The predicted molar refractivity (Wildman–Crippen MR) is 82.2 cm³/mol. The minimum Gasteiger partial charge on any atom is -0.487 e. The zero-order chi connectivity index (χ0) is 15.4. The molecule has 122 valence electrons. The van der Waals surface area contributed by atoms with Crippen LogP contribution in [0.15, 0.2) is 24.5 Å². The lowest BCUT2D eigenvalue weighted by molar-refractivity contribution is 0.108. The van der Waals surface area contributed by atoms with Gasteiger partial charge in [0.15, 0.2) is 0 Å². The zero-order valence-electron chi connectivity index (χ0n) is 12.6. The number of nitrogens with zero attached hydrogens (tertiary/aromatic N) is 2. The molecule has 0 spiro atoms. The maximum Gasteiger partial charge on any atom is 0.214 e. The summed E-state index contributed by atoms with van der Waals surface area (Å²) in [5, 5.41) is 0. The summed E-state index contributed by atoms with van der Waals surface area (Å²) in [7, 11) is -3.21. The Morgan fingerprint density at radius 3 is 3.05 bits per heavy atom. The van der Waals surface area contributed by atoms with Gasteiger partial charge in [0.05, 0.1) is 24.6 Å². The van der Waals surface area contributed by atoms with Gasteiger partial charge in [-0.05, 0) is 37.8 Å². The van der Waals surface area contributed by atoms with E-state index in [4.69, 9.17) is 9.47 Å². The maximum absolute atomic E-state index is 12.4. The van der Waals surface area contributed by atoms with E-state index >= 15 is 0 Å². The highest BCUT2D eigenvalue weighted by Crippen LogP contribution is 2.22. The first kappa shape index (κ1) is 15.7. The van der Waals surface area contributed by atoms with Gasteiger partial charge < -0.3 is 9.47 Å². The Kier molecular flexibility index (Phi) is 4.95. The Morgan fingerprint density at radius 1 is 1.41 bits per heavy atom. The number of hydrogen-bond donors (Lipinski definition) is 0. The van der Waals surface area contributed by atoms with Crippen molar-refractivity contribution < 1.29 is 17.9 Å². The standard InChI is InChI=1S/C15H22N2O4S/c18-22(19,10-6-13-4-2-9-20-13)17-8-5-15(12-17)21-14-3-1-7-16-11-14/h1,3,7,11,13,15H,2,4-6,8-10,12H2/t13-,15-/m0/s1. The molecule has 7 heteroatoms. The Labute approximate surface area is 131 Å². The van der Waals surface area contributed by atoms with E-state index in [9.17, 15) is 8.42 Å². The molecule has 2 atom stereocenters. The van der Waals surface area contributed by atoms with Crippen LogP contribution in [0.1, 0.15) is 25.7 Å². The van der Waals surface area contributed by atoms with E-state index in [0.29, 0.717) is 31.7 Å². The lowest BCUT2D eigenvalue weighted by atomic mass is 10.2. The number of sulfonamides is 1. The van der Waals surface area contributed by atoms with Gasteiger partial charge in [0, 0.05) is 19.3 Å². The van der Waals surface area contributed by atoms with Crippen molar-refractivity contribution >= 4 is 10.0 Å². The van der Waals surface area contributed by atoms with Gasteiger partial charge in [-0.25, -0.2) is 8.42 Å². The molecule has 0 aliphatic carbocycles. The van der Waals surface area contributed by atoms with Crippen LogP contribution in [-0.2, 0) is 14.8 Å². The Balaban J connectivity index is 1.50. The fourth-order valence-corrected chi connectivity index (χ4v) is 4.53. The normalized spacial score (nSPS) is 26.4. The van der Waals surface area contributed by atoms with E-state index in [0.717, 1.165) is 19.4 Å². The summed E-state index contributed by atoms with van der Waals surface area (Å²) in [6.07, 6.45) is 6.66. The molecule has 0 unspecified atom stereocenters. The third-order valence-electron chi connectivity index (χ3n) is 4.16. The van der Waals surface area contributed by atoms with Crippen molar-refractivity contribution in [3.8, 4) is 5.75 Å². The molecule has 1 aromatic rings. The molecule has 2 fully saturated rings. The molecular weight excluding hydrogens is 304 g/mol. The fraction of sp³-hybridized carbons (Fsp3) is 0.667. The number of hydrogen-bond acceptors (Lipinski definition) is 5. The summed E-state index contributed by atoms with van der Waals surface area (Å²) in [4.78, 5) is 4.00. The van der Waals surface area contributed by atoms with Gasteiger partial charge in [0.25, 0.3) is 0 Å². The molecule has 0 amide bonds. The minimum absolute atomic E-state index is 0.0956. The van der Waals surface area contributed by atoms with Crippen LogP contribution >= 0.6 is 0 Å². The molecular formula is C15H22N2O4S. The SMILES string of the molecule is O=S(=O)(CC[C@@H]1CCCO1)N1CC[C@H](Oc2cccnc2)C1. The molecule has 0 saturated carbocycles. The molecule has 3 rings (SSSR count). The third kappa shape index (κ3) is 3.97. The van der Waals surface area contributed by atoms with Crippen molar-refractivity contribution in [2.24, 2.45) is 0 Å². The molecule has 0 N–H and O–H groups in total. The van der Waals surface area contributed by atoms with Crippen molar-refractivity contribution in [2.75, 3.05) is 25.4 Å². The van der Waals surface area contributed by atoms with Crippen LogP contribution in [0, 0.1) is 0 Å². The van der Waals surface area contributed by atoms with E-state index in [1.54, 1.807) is 22.8 Å². The number of pyridine rings is 1. The molecule has 0 aromatic carbocycles. The minimum atomic E-state index is -3.21. The molecule has 2 aliphatic heterocycles. The summed E-state index contributed by atoms with van der Waals surface area (Å²) in [6.45, 7) is 1.71. The smallest absolute Gasteiger partial charge is 0.214 e. The van der Waals surface area contributed by atoms with Crippen molar-refractivity contribution in [2.45, 2.75) is 37.9 Å². The van der Waals surface area contributed by atoms with Gasteiger partial charge in [-0.2, -0.15) is 4.31 Å². The second-order valence-corrected chi connectivity index (χ2v) is 7.90. The van der Waals surface area contributed by atoms with Crippen LogP contribution in [-0.4, -0.2) is 55.4 Å². The molecule has 0 radical (unpaired) electrons. The second kappa shape index (κ2) is 6.93. The quantitative estimate of drug-likeness (QED) is 0.791. The summed E-state index contributed by atoms with van der Waals surface area (Å²) in [6, 6.07) is 3.64. The highest BCUT2D eigenvalue weighted by atomic mass is 32.2. The average Bonchev–Trinajstić information content (AvgIpc) is 3.18. The zero-order valence-corrected chi connectivity index (χ0v) is 13.4. The summed E-state index contributed by atoms with van der Waals surface area (Å²) in [5.74, 6) is 0.850. The Hall–Kier alpha value is -1.18. The van der Waals surface area contributed by atoms with Crippen molar-refractivity contribution in [1.29, 1.82) is 0 Å². The first-order valence-electron chi connectivity index (χ1n) is 7.79. The highest BCUT2D eigenvalue weighted by molar-refractivity contribution is 7.89. The lowest BCUT2D eigenvalue weighted by Gasteiger charge is -2.18. The first-order chi connectivity index (χ1) is 10.6. The van der Waals surface area contributed by atoms with Crippen LogP contribution in [0.2, 0.25) is 0 Å². The largest absolute Gasteiger partial charge is 0.487 e. The highest BCUT2D eigenvalue weighted by Gasteiger charge is 2.33. The second-order valence-electron chi connectivity index (χ2n) is 5.81. The molecule has 22 heavy (non-hydrogen) atoms. The van der Waals surface area contributed by atoms with Crippen LogP contribution in [0.4, 0.5) is 0 Å². The number of ether oxygens (including phenoxy) is 2. The molecule has 0 bridgehead atoms. The number of aromatic nitrogens is 1. The first-order valence-corrected chi connectivity index (χ1v) is 9.40. The van der Waals surface area contributed by atoms with Crippen molar-refractivity contribution in [1.82, 2.24) is 9.29 Å². The van der Waals surface area contributed by atoms with Gasteiger partial charge in [0.2, 0.25) is 10.0 Å². The summed E-state index contributed by atoms with van der Waals surface area (Å²) < 4.78 is 37.6. The van der Waals surface area contributed by atoms with E-state index in [1.807, 2.05) is 6.07 Å². The van der Waals surface area contributed by atoms with Gasteiger partial charge in [0.1, 0.15) is 11.9 Å². The van der Waals surface area contributed by atoms with E-state index in [2.05, 4.69) is 4.98 Å². The Morgan fingerprint density at radius 2 is 2.32 bits per heavy atom. The molecule has 6 nitrogen and oxygen atoms in total. The third-order valence-corrected chi connectivity index (χ3v) is 6.03.